The Bertz CT molecular complexity index is 3420. The molecule has 2 saturated heterocycles. The number of carbonyl (C=O) groups excluding carboxylic acids is 4. The first-order valence-electron chi connectivity index (χ1n) is 27.6. The molecule has 3 fully saturated rings. The van der Waals surface area contributed by atoms with Crippen molar-refractivity contribution in [2.75, 3.05) is 34.4 Å². The van der Waals surface area contributed by atoms with E-state index in [1.54, 1.807) is 21.8 Å². The lowest BCUT2D eigenvalue weighted by molar-refractivity contribution is -0.165. The van der Waals surface area contributed by atoms with Gasteiger partial charge in [-0.3, -0.25) is 28.3 Å². The van der Waals surface area contributed by atoms with Crippen LogP contribution in [-0.2, 0) is 87.6 Å². The minimum Gasteiger partial charge on any atom is -0.455 e. The van der Waals surface area contributed by atoms with Crippen LogP contribution in [-0.4, -0.2) is 172 Å². The number of aryl methyl sites for hydroxylation is 4. The number of rotatable bonds is 22. The predicted molar refractivity (Wildman–Crippen MR) is 290 cm³/mol. The SMILES string of the molecule is CCn1nnc([C@H]2O[C@@H](n3cnc4c(NC5CCC(Nc6nc(NCCc7cn(C)cn7)nc7c6ncn7[C@@H]6O[C@H](c7nnn(CC)n7)[C@@H](OC(C)=O)[C@H]6OC(C)=O)CC5)nc(NCCc5cn(C)cn5)nc43)[C@H](OC(C)=O)[C@@H]2OC(C)=O)n1. The van der Waals surface area contributed by atoms with Crippen LogP contribution in [0.1, 0.15) is 115 Å². The second-order valence-corrected chi connectivity index (χ2v) is 20.6. The Morgan fingerprint density at radius 1 is 0.548 bits per heavy atom. The van der Waals surface area contributed by atoms with Gasteiger partial charge < -0.3 is 58.8 Å². The summed E-state index contributed by atoms with van der Waals surface area (Å²) in [4.78, 5) is 91.7. The Balaban J connectivity index is 0.869. The minimum absolute atomic E-state index is 0.0909. The average Bonchev–Trinajstić information content (AvgIpc) is 2.31. The molecule has 0 radical (unpaired) electrons. The molecule has 0 aromatic carbocycles. The van der Waals surface area contributed by atoms with E-state index in [1.807, 2.05) is 49.5 Å². The van der Waals surface area contributed by atoms with Crippen LogP contribution >= 0.6 is 0 Å². The Hall–Kier alpha value is -9.34. The monoisotopic (exact) mass is 1160 g/mol. The van der Waals surface area contributed by atoms with Crippen molar-refractivity contribution < 1.29 is 47.6 Å². The molecule has 34 heteroatoms. The third-order valence-electron chi connectivity index (χ3n) is 14.2. The molecule has 11 rings (SSSR count). The topological polar surface area (TPSA) is 382 Å². The molecular weight excluding hydrogens is 1100 g/mol. The van der Waals surface area contributed by atoms with Crippen molar-refractivity contribution in [1.29, 1.82) is 0 Å². The molecule has 8 atom stereocenters. The Morgan fingerprint density at radius 3 is 1.29 bits per heavy atom. The largest absolute Gasteiger partial charge is 0.455 e. The van der Waals surface area contributed by atoms with Crippen molar-refractivity contribution in [3.8, 4) is 0 Å². The van der Waals surface area contributed by atoms with Gasteiger partial charge in [-0.15, -0.1) is 20.4 Å². The van der Waals surface area contributed by atoms with E-state index in [4.69, 9.17) is 58.3 Å². The van der Waals surface area contributed by atoms with Gasteiger partial charge in [0.15, 0.2) is 83.0 Å². The van der Waals surface area contributed by atoms with Gasteiger partial charge in [-0.25, -0.2) is 19.9 Å². The number of imidazole rings is 4. The van der Waals surface area contributed by atoms with Crippen LogP contribution in [0.2, 0.25) is 0 Å². The molecule has 3 aliphatic rings. The van der Waals surface area contributed by atoms with Crippen molar-refractivity contribution in [1.82, 2.24) is 98.6 Å². The summed E-state index contributed by atoms with van der Waals surface area (Å²) in [5.74, 6) is -0.870. The summed E-state index contributed by atoms with van der Waals surface area (Å²) in [6.45, 7) is 10.4. The highest BCUT2D eigenvalue weighted by atomic mass is 16.7. The van der Waals surface area contributed by atoms with Gasteiger partial charge in [0.05, 0.1) is 49.8 Å². The summed E-state index contributed by atoms with van der Waals surface area (Å²) >= 11 is 0. The zero-order chi connectivity index (χ0) is 58.8. The molecule has 84 heavy (non-hydrogen) atoms. The van der Waals surface area contributed by atoms with Crippen molar-refractivity contribution in [2.24, 2.45) is 14.1 Å². The van der Waals surface area contributed by atoms with Crippen LogP contribution in [0.25, 0.3) is 22.3 Å². The van der Waals surface area contributed by atoms with Gasteiger partial charge in [0.25, 0.3) is 0 Å². The second-order valence-electron chi connectivity index (χ2n) is 20.6. The van der Waals surface area contributed by atoms with Crippen LogP contribution in [0.5, 0.6) is 0 Å². The number of hydrogen-bond donors (Lipinski definition) is 4. The van der Waals surface area contributed by atoms with Crippen molar-refractivity contribution >= 4 is 69.7 Å². The van der Waals surface area contributed by atoms with Gasteiger partial charge in [-0.1, -0.05) is 0 Å². The lowest BCUT2D eigenvalue weighted by Crippen LogP contribution is -2.37. The van der Waals surface area contributed by atoms with Crippen molar-refractivity contribution in [2.45, 2.75) is 154 Å². The molecule has 8 aromatic rings. The van der Waals surface area contributed by atoms with Gasteiger partial charge >= 0.3 is 23.9 Å². The predicted octanol–water partition coefficient (Wildman–Crippen LogP) is 1.86. The van der Waals surface area contributed by atoms with Crippen LogP contribution in [0.3, 0.4) is 0 Å². The molecule has 4 N–H and O–H groups in total. The second kappa shape index (κ2) is 24.2. The smallest absolute Gasteiger partial charge is 0.303 e. The van der Waals surface area contributed by atoms with Gasteiger partial charge in [-0.05, 0) is 50.0 Å². The maximum atomic E-state index is 12.7. The molecule has 10 heterocycles. The lowest BCUT2D eigenvalue weighted by Gasteiger charge is -2.30. The van der Waals surface area contributed by atoms with Crippen molar-refractivity contribution in [3.05, 3.63) is 60.7 Å². The number of fused-ring (bicyclic) bond motifs is 2. The third kappa shape index (κ3) is 12.2. The van der Waals surface area contributed by atoms with E-state index < -0.39 is 73.0 Å². The number of tetrazole rings is 2. The summed E-state index contributed by atoms with van der Waals surface area (Å²) in [6.07, 6.45) is 5.13. The quantitative estimate of drug-likeness (QED) is 0.0555. The first-order valence-corrected chi connectivity index (χ1v) is 27.6. The summed E-state index contributed by atoms with van der Waals surface area (Å²) in [6, 6.07) is -0.182. The highest BCUT2D eigenvalue weighted by Gasteiger charge is 2.54. The van der Waals surface area contributed by atoms with Crippen LogP contribution in [0.15, 0.2) is 37.7 Å². The molecule has 8 aromatic heterocycles. The van der Waals surface area contributed by atoms with E-state index in [-0.39, 0.29) is 35.6 Å². The molecular formula is C50H64N24O10. The zero-order valence-corrected chi connectivity index (χ0v) is 47.3. The van der Waals surface area contributed by atoms with E-state index >= 15 is 0 Å². The Labute approximate surface area is 478 Å². The normalized spacial score (nSPS) is 23.2. The number of nitrogens with zero attached hydrogens (tertiary/aromatic N) is 20. The molecule has 1 saturated carbocycles. The standard InChI is InChI=1S/C50H64N24O10/c1-9-73-65-43(63-67-73)37-35(79-25(3)75)39(81-27(5)77)47(83-37)71-23-55-33-41(59-49(61-45(33)71)51-17-15-31-19-69(7)21-53-31)57-29-11-13-30(14-12-29)58-42-34-46(62-50(60-42)52-18-16-32-20-70(8)22-54-32)72(24-56-34)48-40(82-28(6)78)36(80-26(4)76)38(84-48)44-64-68-74(10-2)66-44/h19-24,29-30,35-40,47-48H,9-18H2,1-8H3,(H2,51,57,59,61)(H2,52,58,60,62)/t29?,30?,35-,36-,37+,38+,39-,40-,47-,48-/m1/s1. The van der Waals surface area contributed by atoms with Crippen LogP contribution in [0, 0.1) is 0 Å². The fourth-order valence-electron chi connectivity index (χ4n) is 10.6. The minimum atomic E-state index is -1.18. The molecule has 0 amide bonds. The summed E-state index contributed by atoms with van der Waals surface area (Å²) in [5.41, 5.74) is 3.20. The third-order valence-corrected chi connectivity index (χ3v) is 14.2. The first-order chi connectivity index (χ1) is 40.6. The van der Waals surface area contributed by atoms with Gasteiger partial charge in [0.1, 0.15) is 0 Å². The molecule has 1 aliphatic carbocycles. The van der Waals surface area contributed by atoms with Gasteiger partial charge in [0, 0.05) is 92.2 Å². The number of anilines is 4. The molecule has 444 valence electrons. The summed E-state index contributed by atoms with van der Waals surface area (Å²) in [5, 5.41) is 39.4. The molecule has 2 aliphatic heterocycles. The highest BCUT2D eigenvalue weighted by molar-refractivity contribution is 5.86. The van der Waals surface area contributed by atoms with Gasteiger partial charge in [0.2, 0.25) is 23.5 Å². The fraction of sp³-hybridized carbons (Fsp3) is 0.560. The Morgan fingerprint density at radius 2 is 0.940 bits per heavy atom. The summed E-state index contributed by atoms with van der Waals surface area (Å²) in [7, 11) is 3.80. The van der Waals surface area contributed by atoms with Gasteiger partial charge in [-0.2, -0.15) is 29.5 Å². The fourth-order valence-corrected chi connectivity index (χ4v) is 10.6. The number of carbonyl (C=O) groups is 4. The lowest BCUT2D eigenvalue weighted by atomic mass is 9.91. The van der Waals surface area contributed by atoms with E-state index in [2.05, 4.69) is 62.1 Å². The van der Waals surface area contributed by atoms with Crippen molar-refractivity contribution in [3.63, 3.8) is 0 Å². The molecule has 0 spiro atoms. The number of ether oxygens (including phenoxy) is 6. The zero-order valence-electron chi connectivity index (χ0n) is 47.3. The molecule has 0 unspecified atom stereocenters. The average molecular weight is 1160 g/mol. The molecule has 0 bridgehead atoms. The maximum absolute atomic E-state index is 12.7. The summed E-state index contributed by atoms with van der Waals surface area (Å²) < 4.78 is 43.4. The molecule has 34 nitrogen and oxygen atoms in total. The highest BCUT2D eigenvalue weighted by Crippen LogP contribution is 2.45. The number of nitrogens with one attached hydrogen (secondary N) is 4. The number of aromatic nitrogens is 20. The van der Waals surface area contributed by atoms with E-state index in [0.29, 0.717) is 98.7 Å². The van der Waals surface area contributed by atoms with E-state index in [0.717, 1.165) is 11.4 Å². The maximum Gasteiger partial charge on any atom is 0.303 e. The number of hydrogen-bond acceptors (Lipinski definition) is 28. The van der Waals surface area contributed by atoms with E-state index in [1.165, 1.54) is 49.9 Å². The van der Waals surface area contributed by atoms with Crippen LogP contribution in [0.4, 0.5) is 23.5 Å². The van der Waals surface area contributed by atoms with E-state index in [9.17, 15) is 19.2 Å². The Kier molecular flexibility index (Phi) is 16.3. The number of esters is 4. The van der Waals surface area contributed by atoms with Crippen LogP contribution < -0.4 is 21.3 Å². The first kappa shape index (κ1) is 56.5.